The number of pyridine rings is 1. The Morgan fingerprint density at radius 3 is 2.51 bits per heavy atom. The van der Waals surface area contributed by atoms with Crippen molar-refractivity contribution < 1.29 is 23.0 Å². The minimum Gasteiger partial charge on any atom is -0.489 e. The number of nitrogens with zero attached hydrogens (tertiary/aromatic N) is 3. The molecule has 0 saturated heterocycles. The van der Waals surface area contributed by atoms with E-state index in [4.69, 9.17) is 14.6 Å². The fourth-order valence-corrected chi connectivity index (χ4v) is 4.85. The number of halogens is 2. The van der Waals surface area contributed by atoms with Crippen molar-refractivity contribution in [2.75, 3.05) is 11.9 Å². The maximum absolute atomic E-state index is 13.2. The Balaban J connectivity index is 1.29. The highest BCUT2D eigenvalue weighted by molar-refractivity contribution is 6.04. The number of anilines is 1. The molecule has 1 fully saturated rings. The van der Waals surface area contributed by atoms with Gasteiger partial charge in [-0.25, -0.2) is 0 Å². The lowest BCUT2D eigenvalue weighted by Gasteiger charge is -2.21. The third-order valence-electron chi connectivity index (χ3n) is 7.30. The summed E-state index contributed by atoms with van der Waals surface area (Å²) in [6.45, 7) is -2.50. The van der Waals surface area contributed by atoms with Gasteiger partial charge in [0.1, 0.15) is 0 Å². The van der Waals surface area contributed by atoms with E-state index in [-0.39, 0.29) is 17.7 Å². The van der Waals surface area contributed by atoms with Crippen LogP contribution in [-0.4, -0.2) is 33.9 Å². The molecule has 7 nitrogen and oxygen atoms in total. The SMILES string of the molecule is O=C(Nc1cccc(-c2ccn(C(Cc3ccncc3)c3ccc(OC(F)F)c(OCC4CC4)c3)n2)c1)c1ccccc1. The summed E-state index contributed by atoms with van der Waals surface area (Å²) in [6.07, 6.45) is 8.09. The number of benzene rings is 3. The van der Waals surface area contributed by atoms with E-state index in [1.54, 1.807) is 36.7 Å². The topological polar surface area (TPSA) is 78.3 Å². The van der Waals surface area contributed by atoms with Crippen LogP contribution in [0.15, 0.2) is 110 Å². The maximum atomic E-state index is 13.2. The number of nitrogens with one attached hydrogen (secondary N) is 1. The molecule has 1 aliphatic carbocycles. The van der Waals surface area contributed by atoms with Crippen LogP contribution < -0.4 is 14.8 Å². The van der Waals surface area contributed by atoms with E-state index >= 15 is 0 Å². The molecular formula is C34H30F2N4O3. The number of hydrogen-bond donors (Lipinski definition) is 1. The monoisotopic (exact) mass is 580 g/mol. The first kappa shape index (κ1) is 28.1. The molecule has 6 rings (SSSR count). The van der Waals surface area contributed by atoms with Crippen LogP contribution in [-0.2, 0) is 6.42 Å². The molecule has 1 saturated carbocycles. The van der Waals surface area contributed by atoms with Gasteiger partial charge in [-0.1, -0.05) is 36.4 Å². The molecule has 1 N–H and O–H groups in total. The number of amides is 1. The van der Waals surface area contributed by atoms with E-state index in [2.05, 4.69) is 10.3 Å². The quantitative estimate of drug-likeness (QED) is 0.166. The Labute approximate surface area is 248 Å². The molecule has 1 unspecified atom stereocenters. The van der Waals surface area contributed by atoms with Crippen molar-refractivity contribution in [3.63, 3.8) is 0 Å². The number of alkyl halides is 2. The summed E-state index contributed by atoms with van der Waals surface area (Å²) in [4.78, 5) is 16.8. The number of carbonyl (C=O) groups is 1. The first-order chi connectivity index (χ1) is 21.0. The molecule has 218 valence electrons. The van der Waals surface area contributed by atoms with Gasteiger partial charge in [-0.3, -0.25) is 14.5 Å². The van der Waals surface area contributed by atoms with E-state index in [1.807, 2.05) is 71.5 Å². The predicted molar refractivity (Wildman–Crippen MR) is 159 cm³/mol. The van der Waals surface area contributed by atoms with Crippen LogP contribution in [0.25, 0.3) is 11.3 Å². The van der Waals surface area contributed by atoms with Crippen LogP contribution in [0, 0.1) is 5.92 Å². The Hall–Kier alpha value is -5.05. The maximum Gasteiger partial charge on any atom is 0.387 e. The average molecular weight is 581 g/mol. The van der Waals surface area contributed by atoms with Gasteiger partial charge >= 0.3 is 6.61 Å². The molecular weight excluding hydrogens is 550 g/mol. The van der Waals surface area contributed by atoms with Gasteiger partial charge in [0.25, 0.3) is 5.91 Å². The van der Waals surface area contributed by atoms with Gasteiger partial charge in [0, 0.05) is 35.4 Å². The summed E-state index contributed by atoms with van der Waals surface area (Å²) in [6, 6.07) is 27.1. The molecule has 3 aromatic carbocycles. The predicted octanol–water partition coefficient (Wildman–Crippen LogP) is 7.42. The molecule has 1 aliphatic rings. The van der Waals surface area contributed by atoms with Crippen molar-refractivity contribution in [1.82, 2.24) is 14.8 Å². The summed E-state index contributed by atoms with van der Waals surface area (Å²) in [5.74, 6) is 0.550. The minimum atomic E-state index is -2.95. The first-order valence-electron chi connectivity index (χ1n) is 14.1. The number of hydrogen-bond acceptors (Lipinski definition) is 5. The number of rotatable bonds is 12. The highest BCUT2D eigenvalue weighted by Crippen LogP contribution is 2.37. The van der Waals surface area contributed by atoms with E-state index in [1.165, 1.54) is 6.07 Å². The van der Waals surface area contributed by atoms with Gasteiger partial charge in [0.2, 0.25) is 0 Å². The van der Waals surface area contributed by atoms with Crippen molar-refractivity contribution in [3.8, 4) is 22.8 Å². The molecule has 5 aromatic rings. The lowest BCUT2D eigenvalue weighted by Crippen LogP contribution is -2.15. The molecule has 43 heavy (non-hydrogen) atoms. The summed E-state index contributed by atoms with van der Waals surface area (Å²) < 4.78 is 38.9. The molecule has 2 heterocycles. The smallest absolute Gasteiger partial charge is 0.387 e. The second-order valence-electron chi connectivity index (χ2n) is 10.5. The molecule has 1 amide bonds. The standard InChI is InChI=1S/C34H30F2N4O3/c35-34(36)43-31-12-11-27(21-32(31)42-22-24-9-10-24)30(19-23-13-16-37-17-14-23)40-18-15-29(39-40)26-7-4-8-28(20-26)38-33(41)25-5-2-1-3-6-25/h1-8,11-18,20-21,24,30,34H,9-10,19,22H2,(H,38,41). The Kier molecular flexibility index (Phi) is 8.40. The van der Waals surface area contributed by atoms with Gasteiger partial charge in [0.15, 0.2) is 11.5 Å². The van der Waals surface area contributed by atoms with Crippen LogP contribution >= 0.6 is 0 Å². The van der Waals surface area contributed by atoms with E-state index in [0.717, 1.165) is 35.2 Å². The zero-order chi connectivity index (χ0) is 29.6. The Bertz CT molecular complexity index is 1670. The zero-order valence-electron chi connectivity index (χ0n) is 23.3. The summed E-state index contributed by atoms with van der Waals surface area (Å²) in [5.41, 5.74) is 4.65. The summed E-state index contributed by atoms with van der Waals surface area (Å²) >= 11 is 0. The van der Waals surface area contributed by atoms with Gasteiger partial charge < -0.3 is 14.8 Å². The van der Waals surface area contributed by atoms with E-state index in [0.29, 0.717) is 35.9 Å². The lowest BCUT2D eigenvalue weighted by molar-refractivity contribution is -0.0515. The Morgan fingerprint density at radius 1 is 0.930 bits per heavy atom. The van der Waals surface area contributed by atoms with Gasteiger partial charge in [-0.2, -0.15) is 13.9 Å². The van der Waals surface area contributed by atoms with Crippen LogP contribution in [0.3, 0.4) is 0 Å². The average Bonchev–Trinajstić information content (AvgIpc) is 3.73. The number of aromatic nitrogens is 3. The molecule has 2 aromatic heterocycles. The van der Waals surface area contributed by atoms with Gasteiger partial charge in [0.05, 0.1) is 18.3 Å². The van der Waals surface area contributed by atoms with Crippen molar-refractivity contribution in [2.45, 2.75) is 31.9 Å². The van der Waals surface area contributed by atoms with Crippen LogP contribution in [0.2, 0.25) is 0 Å². The van der Waals surface area contributed by atoms with Crippen molar-refractivity contribution in [1.29, 1.82) is 0 Å². The molecule has 1 atom stereocenters. The molecule has 9 heteroatoms. The summed E-state index contributed by atoms with van der Waals surface area (Å²) in [7, 11) is 0. The van der Waals surface area contributed by atoms with Gasteiger partial charge in [-0.05, 0) is 90.9 Å². The van der Waals surface area contributed by atoms with Crippen LogP contribution in [0.1, 0.15) is 40.4 Å². The fraction of sp³-hybridized carbons (Fsp3) is 0.206. The lowest BCUT2D eigenvalue weighted by atomic mass is 9.99. The van der Waals surface area contributed by atoms with Crippen LogP contribution in [0.4, 0.5) is 14.5 Å². The largest absolute Gasteiger partial charge is 0.489 e. The highest BCUT2D eigenvalue weighted by atomic mass is 19.3. The van der Waals surface area contributed by atoms with Crippen molar-refractivity contribution in [3.05, 3.63) is 126 Å². The highest BCUT2D eigenvalue weighted by Gasteiger charge is 2.24. The van der Waals surface area contributed by atoms with Gasteiger partial charge in [-0.15, -0.1) is 0 Å². The second kappa shape index (κ2) is 12.9. The first-order valence-corrected chi connectivity index (χ1v) is 14.1. The second-order valence-corrected chi connectivity index (χ2v) is 10.5. The third-order valence-corrected chi connectivity index (χ3v) is 7.30. The molecule has 0 aliphatic heterocycles. The summed E-state index contributed by atoms with van der Waals surface area (Å²) in [5, 5.41) is 7.86. The molecule has 0 radical (unpaired) electrons. The number of carbonyl (C=O) groups excluding carboxylic acids is 1. The third kappa shape index (κ3) is 7.24. The zero-order valence-corrected chi connectivity index (χ0v) is 23.3. The molecule has 0 bridgehead atoms. The Morgan fingerprint density at radius 2 is 1.74 bits per heavy atom. The van der Waals surface area contributed by atoms with Crippen molar-refractivity contribution in [2.24, 2.45) is 5.92 Å². The molecule has 0 spiro atoms. The van der Waals surface area contributed by atoms with E-state index in [9.17, 15) is 13.6 Å². The van der Waals surface area contributed by atoms with E-state index < -0.39 is 6.61 Å². The van der Waals surface area contributed by atoms with Crippen LogP contribution in [0.5, 0.6) is 11.5 Å². The van der Waals surface area contributed by atoms with Crippen molar-refractivity contribution >= 4 is 11.6 Å². The number of ether oxygens (including phenoxy) is 2. The minimum absolute atomic E-state index is 0.0116. The fourth-order valence-electron chi connectivity index (χ4n) is 4.85. The normalized spacial score (nSPS) is 13.5.